The molecule has 4 rings (SSSR count). The van der Waals surface area contributed by atoms with Crippen molar-refractivity contribution in [1.29, 1.82) is 0 Å². The summed E-state index contributed by atoms with van der Waals surface area (Å²) < 4.78 is 42.5. The van der Waals surface area contributed by atoms with Crippen LogP contribution in [0.3, 0.4) is 0 Å². The lowest BCUT2D eigenvalue weighted by atomic mass is 9.85. The molecular formula is C36H44Cl2N2O7S. The number of hydrogen-bond acceptors (Lipinski definition) is 8. The van der Waals surface area contributed by atoms with E-state index in [0.717, 1.165) is 29.8 Å². The summed E-state index contributed by atoms with van der Waals surface area (Å²) in [5.41, 5.74) is 4.25. The number of ketones is 1. The normalized spacial score (nSPS) is 14.9. The largest absolute Gasteiger partial charge is 0.379 e. The molecule has 1 amide bonds. The first-order chi connectivity index (χ1) is 23.1. The number of nitrogens with zero attached hydrogens (tertiary/aromatic N) is 1. The highest BCUT2D eigenvalue weighted by molar-refractivity contribution is 7.91. The van der Waals surface area contributed by atoms with Crippen molar-refractivity contribution in [3.05, 3.63) is 98.5 Å². The summed E-state index contributed by atoms with van der Waals surface area (Å²) in [7, 11) is -1.41. The van der Waals surface area contributed by atoms with Crippen molar-refractivity contribution in [3.8, 4) is 0 Å². The van der Waals surface area contributed by atoms with E-state index >= 15 is 0 Å². The van der Waals surface area contributed by atoms with E-state index in [-0.39, 0.29) is 23.4 Å². The van der Waals surface area contributed by atoms with Gasteiger partial charge in [-0.1, -0.05) is 47.5 Å². The Labute approximate surface area is 293 Å². The van der Waals surface area contributed by atoms with Crippen LogP contribution in [0.4, 0.5) is 0 Å². The van der Waals surface area contributed by atoms with E-state index in [9.17, 15) is 18.0 Å². The number of ether oxygens (including phenoxy) is 3. The maximum Gasteiger partial charge on any atom is 0.251 e. The lowest BCUT2D eigenvalue weighted by molar-refractivity contribution is 0.0142. The standard InChI is InChI=1S/C36H44Cl2N2O7S/c1-3-39-36(42)28-9-7-27(8-10-28)35(41)6-4-15-45-17-19-47-20-18-46-16-5-21-48(43,44)30-13-11-26(12-14-30)32-24-40(2)25-33-31(32)22-29(37)23-34(33)38/h7-14,22-23,32H,3-6,15-21,24-25H2,1-2H3,(H,39,42). The van der Waals surface area contributed by atoms with Crippen molar-refractivity contribution in [1.82, 2.24) is 10.2 Å². The minimum atomic E-state index is -3.45. The van der Waals surface area contributed by atoms with Gasteiger partial charge in [0.15, 0.2) is 15.6 Å². The fraction of sp³-hybridized carbons (Fsp3) is 0.444. The summed E-state index contributed by atoms with van der Waals surface area (Å²) in [5, 5.41) is 3.97. The molecule has 0 aliphatic carbocycles. The second-order valence-electron chi connectivity index (χ2n) is 11.7. The van der Waals surface area contributed by atoms with Crippen molar-refractivity contribution in [2.24, 2.45) is 0 Å². The Kier molecular flexibility index (Phi) is 14.9. The SMILES string of the molecule is CCNC(=O)c1ccc(C(=O)CCCOCCOCCOCCCS(=O)(=O)c2ccc(C3CN(C)Cc4c(Cl)cc(Cl)cc43)cc2)cc1. The van der Waals surface area contributed by atoms with Gasteiger partial charge < -0.3 is 24.4 Å². The Morgan fingerprint density at radius 3 is 2.10 bits per heavy atom. The summed E-state index contributed by atoms with van der Waals surface area (Å²) in [4.78, 5) is 26.7. The van der Waals surface area contributed by atoms with Crippen molar-refractivity contribution < 1.29 is 32.2 Å². The fourth-order valence-electron chi connectivity index (χ4n) is 5.60. The van der Waals surface area contributed by atoms with Gasteiger partial charge in [0.2, 0.25) is 0 Å². The molecule has 0 spiro atoms. The molecule has 1 aliphatic rings. The Bertz CT molecular complexity index is 1620. The van der Waals surface area contributed by atoms with Crippen molar-refractivity contribution >= 4 is 44.7 Å². The molecule has 1 heterocycles. The van der Waals surface area contributed by atoms with Crippen LogP contribution in [0.5, 0.6) is 0 Å². The maximum atomic E-state index is 12.9. The monoisotopic (exact) mass is 718 g/mol. The zero-order chi connectivity index (χ0) is 34.5. The van der Waals surface area contributed by atoms with E-state index in [0.29, 0.717) is 91.5 Å². The van der Waals surface area contributed by atoms with E-state index in [2.05, 4.69) is 10.2 Å². The highest BCUT2D eigenvalue weighted by Gasteiger charge is 2.27. The number of Topliss-reactive ketones (excluding diaryl/α,β-unsaturated/α-hetero) is 1. The molecule has 1 atom stereocenters. The van der Waals surface area contributed by atoms with Gasteiger partial charge in [0.05, 0.1) is 37.1 Å². The van der Waals surface area contributed by atoms with Gasteiger partial charge in [0.25, 0.3) is 5.91 Å². The zero-order valence-corrected chi connectivity index (χ0v) is 29.8. The summed E-state index contributed by atoms with van der Waals surface area (Å²) in [6.45, 7) is 6.20. The molecule has 0 aromatic heterocycles. The third-order valence-corrected chi connectivity index (χ3v) is 10.5. The number of sulfone groups is 1. The number of carbonyl (C=O) groups excluding carboxylic acids is 2. The molecule has 0 radical (unpaired) electrons. The number of fused-ring (bicyclic) bond motifs is 1. The predicted octanol–water partition coefficient (Wildman–Crippen LogP) is 6.20. The molecule has 1 aliphatic heterocycles. The number of benzene rings is 3. The third kappa shape index (κ3) is 11.1. The number of amides is 1. The molecule has 0 bridgehead atoms. The van der Waals surface area contributed by atoms with Crippen LogP contribution in [-0.2, 0) is 30.6 Å². The van der Waals surface area contributed by atoms with E-state index in [1.54, 1.807) is 42.5 Å². The third-order valence-electron chi connectivity index (χ3n) is 8.08. The number of halogens is 2. The van der Waals surface area contributed by atoms with Crippen LogP contribution in [0, 0.1) is 0 Å². The van der Waals surface area contributed by atoms with Crippen LogP contribution in [0.25, 0.3) is 0 Å². The fourth-order valence-corrected chi connectivity index (χ4v) is 7.45. The summed E-state index contributed by atoms with van der Waals surface area (Å²) in [5.74, 6) is -0.115. The smallest absolute Gasteiger partial charge is 0.251 e. The van der Waals surface area contributed by atoms with Gasteiger partial charge in [-0.15, -0.1) is 0 Å². The lowest BCUT2D eigenvalue weighted by Crippen LogP contribution is -2.31. The van der Waals surface area contributed by atoms with E-state index in [1.165, 1.54) is 0 Å². The number of rotatable bonds is 19. The van der Waals surface area contributed by atoms with E-state index in [4.69, 9.17) is 37.4 Å². The van der Waals surface area contributed by atoms with Crippen LogP contribution in [0.2, 0.25) is 10.0 Å². The summed E-state index contributed by atoms with van der Waals surface area (Å²) >= 11 is 12.8. The summed E-state index contributed by atoms with van der Waals surface area (Å²) in [6.07, 6.45) is 1.32. The van der Waals surface area contributed by atoms with Gasteiger partial charge in [-0.3, -0.25) is 9.59 Å². The molecule has 0 fully saturated rings. The zero-order valence-electron chi connectivity index (χ0n) is 27.5. The molecule has 12 heteroatoms. The molecule has 3 aromatic carbocycles. The van der Waals surface area contributed by atoms with Crippen molar-refractivity contribution in [2.75, 3.05) is 65.5 Å². The Morgan fingerprint density at radius 1 is 0.854 bits per heavy atom. The Morgan fingerprint density at radius 2 is 1.46 bits per heavy atom. The van der Waals surface area contributed by atoms with Gasteiger partial charge in [-0.25, -0.2) is 8.42 Å². The van der Waals surface area contributed by atoms with Crippen LogP contribution < -0.4 is 5.32 Å². The highest BCUT2D eigenvalue weighted by Crippen LogP contribution is 2.38. The van der Waals surface area contributed by atoms with Crippen molar-refractivity contribution in [3.63, 3.8) is 0 Å². The molecule has 1 unspecified atom stereocenters. The van der Waals surface area contributed by atoms with Gasteiger partial charge in [-0.2, -0.15) is 0 Å². The van der Waals surface area contributed by atoms with E-state index < -0.39 is 9.84 Å². The van der Waals surface area contributed by atoms with Crippen LogP contribution >= 0.6 is 23.2 Å². The minimum absolute atomic E-state index is 0.00621. The van der Waals surface area contributed by atoms with Crippen LogP contribution in [-0.4, -0.2) is 90.5 Å². The molecule has 0 saturated carbocycles. The second-order valence-corrected chi connectivity index (χ2v) is 14.7. The summed E-state index contributed by atoms with van der Waals surface area (Å²) in [6, 6.07) is 17.5. The molecule has 48 heavy (non-hydrogen) atoms. The lowest BCUT2D eigenvalue weighted by Gasteiger charge is -2.33. The number of likely N-dealkylation sites (N-methyl/N-ethyl adjacent to an activating group) is 1. The van der Waals surface area contributed by atoms with Gasteiger partial charge in [0, 0.05) is 66.4 Å². The molecule has 260 valence electrons. The van der Waals surface area contributed by atoms with Crippen molar-refractivity contribution in [2.45, 2.75) is 43.5 Å². The second kappa shape index (κ2) is 18.8. The molecule has 1 N–H and O–H groups in total. The maximum absolute atomic E-state index is 12.9. The highest BCUT2D eigenvalue weighted by atomic mass is 35.5. The first-order valence-electron chi connectivity index (χ1n) is 16.2. The topological polar surface area (TPSA) is 111 Å². The molecule has 0 saturated heterocycles. The number of nitrogens with one attached hydrogen (secondary N) is 1. The predicted molar refractivity (Wildman–Crippen MR) is 188 cm³/mol. The van der Waals surface area contributed by atoms with Crippen LogP contribution in [0.15, 0.2) is 65.6 Å². The molecule has 9 nitrogen and oxygen atoms in total. The van der Waals surface area contributed by atoms with Gasteiger partial charge in [0.1, 0.15) is 0 Å². The molecular weight excluding hydrogens is 675 g/mol. The number of hydrogen-bond donors (Lipinski definition) is 1. The van der Waals surface area contributed by atoms with Gasteiger partial charge in [-0.05, 0) is 79.9 Å². The van der Waals surface area contributed by atoms with Crippen LogP contribution in [0.1, 0.15) is 69.5 Å². The quantitative estimate of drug-likeness (QED) is 0.115. The Balaban J connectivity index is 1.05. The minimum Gasteiger partial charge on any atom is -0.379 e. The molecule has 3 aromatic rings. The average molecular weight is 720 g/mol. The first kappa shape index (κ1) is 38.0. The first-order valence-corrected chi connectivity index (χ1v) is 18.6. The average Bonchev–Trinajstić information content (AvgIpc) is 3.07. The number of carbonyl (C=O) groups is 2. The van der Waals surface area contributed by atoms with E-state index in [1.807, 2.05) is 32.2 Å². The van der Waals surface area contributed by atoms with Gasteiger partial charge >= 0.3 is 0 Å². The Hall–Kier alpha value is -2.83.